The molecule has 250 valence electrons. The van der Waals surface area contributed by atoms with Gasteiger partial charge < -0.3 is 18.9 Å². The van der Waals surface area contributed by atoms with E-state index in [0.717, 1.165) is 25.7 Å². The molecule has 0 fully saturated rings. The Hall–Kier alpha value is -1.14. The first-order valence-corrected chi connectivity index (χ1v) is 18.2. The molecule has 0 amide bonds. The van der Waals surface area contributed by atoms with Crippen molar-refractivity contribution < 1.29 is 28.5 Å². The maximum absolute atomic E-state index is 11.9. The van der Waals surface area contributed by atoms with Crippen LogP contribution >= 0.6 is 0 Å². The minimum Gasteiger partial charge on any atom is -0.463 e. The summed E-state index contributed by atoms with van der Waals surface area (Å²) in [6.45, 7) is 6.71. The number of unbranched alkanes of at least 4 members (excludes halogenated alkanes) is 22. The van der Waals surface area contributed by atoms with E-state index in [-0.39, 0.29) is 25.2 Å². The summed E-state index contributed by atoms with van der Waals surface area (Å²) in [5, 5.41) is 0. The molecule has 0 aromatic carbocycles. The Kier molecular flexibility index (Phi) is 35.1. The maximum Gasteiger partial charge on any atom is 0.305 e. The number of hydrogen-bond donors (Lipinski definition) is 0. The van der Waals surface area contributed by atoms with Crippen molar-refractivity contribution in [2.45, 2.75) is 181 Å². The molecular formula is C36H70O6. The highest BCUT2D eigenvalue weighted by atomic mass is 16.6. The van der Waals surface area contributed by atoms with Gasteiger partial charge >= 0.3 is 11.9 Å². The molecule has 6 nitrogen and oxygen atoms in total. The van der Waals surface area contributed by atoms with E-state index in [9.17, 15) is 9.59 Å². The van der Waals surface area contributed by atoms with E-state index >= 15 is 0 Å². The summed E-state index contributed by atoms with van der Waals surface area (Å²) >= 11 is 0. The Morgan fingerprint density at radius 1 is 0.333 bits per heavy atom. The Balaban J connectivity index is 3.23. The van der Waals surface area contributed by atoms with Crippen molar-refractivity contribution >= 4 is 11.9 Å². The summed E-state index contributed by atoms with van der Waals surface area (Å²) in [6, 6.07) is 0. The highest BCUT2D eigenvalue weighted by Crippen LogP contribution is 2.14. The van der Waals surface area contributed by atoms with Crippen molar-refractivity contribution in [2.24, 2.45) is 0 Å². The predicted molar refractivity (Wildman–Crippen MR) is 175 cm³/mol. The van der Waals surface area contributed by atoms with E-state index in [4.69, 9.17) is 18.9 Å². The molecule has 0 spiro atoms. The number of carbonyl (C=O) groups is 2. The zero-order valence-electron chi connectivity index (χ0n) is 28.1. The molecule has 0 aromatic heterocycles. The molecule has 6 heteroatoms. The molecule has 0 radical (unpaired) electrons. The van der Waals surface area contributed by atoms with Crippen LogP contribution in [0.15, 0.2) is 0 Å². The smallest absolute Gasteiger partial charge is 0.305 e. The van der Waals surface area contributed by atoms with Gasteiger partial charge in [0.1, 0.15) is 13.2 Å². The number of rotatable bonds is 35. The first kappa shape index (κ1) is 40.9. The van der Waals surface area contributed by atoms with Crippen LogP contribution in [0.3, 0.4) is 0 Å². The van der Waals surface area contributed by atoms with Crippen molar-refractivity contribution in [1.29, 1.82) is 0 Å². The zero-order valence-corrected chi connectivity index (χ0v) is 28.1. The van der Waals surface area contributed by atoms with Crippen LogP contribution in [0.2, 0.25) is 0 Å². The number of ether oxygens (including phenoxy) is 4. The number of esters is 2. The van der Waals surface area contributed by atoms with Crippen LogP contribution < -0.4 is 0 Å². The molecule has 42 heavy (non-hydrogen) atoms. The van der Waals surface area contributed by atoms with Crippen molar-refractivity contribution in [2.75, 3.05) is 39.6 Å². The summed E-state index contributed by atoms with van der Waals surface area (Å²) in [6.07, 6.45) is 31.9. The van der Waals surface area contributed by atoms with Crippen LogP contribution in [0.5, 0.6) is 0 Å². The fourth-order valence-electron chi connectivity index (χ4n) is 5.12. The van der Waals surface area contributed by atoms with E-state index in [2.05, 4.69) is 13.8 Å². The quantitative estimate of drug-likeness (QED) is 0.0534. The fraction of sp³-hybridized carbons (Fsp3) is 0.944. The Morgan fingerprint density at radius 2 is 0.571 bits per heavy atom. The van der Waals surface area contributed by atoms with Gasteiger partial charge in [-0.2, -0.15) is 0 Å². The van der Waals surface area contributed by atoms with E-state index in [0.29, 0.717) is 39.3 Å². The molecule has 0 aliphatic rings. The van der Waals surface area contributed by atoms with Gasteiger partial charge in [0, 0.05) is 12.8 Å². The third kappa shape index (κ3) is 35.1. The lowest BCUT2D eigenvalue weighted by atomic mass is 10.0. The average molecular weight is 599 g/mol. The van der Waals surface area contributed by atoms with Gasteiger partial charge in [-0.1, -0.05) is 155 Å². The fourth-order valence-corrected chi connectivity index (χ4v) is 5.12. The van der Waals surface area contributed by atoms with E-state index in [1.54, 1.807) is 0 Å². The van der Waals surface area contributed by atoms with Crippen LogP contribution in [0.1, 0.15) is 181 Å². The standard InChI is InChI=1S/C36H70O6/c1-3-5-7-9-11-13-14-15-16-17-18-20-22-24-26-28-36(38)42-34-32-40-30-29-39-31-33-41-35(37)27-25-23-21-19-12-10-8-6-4-2/h3-34H2,1-2H3. The first-order valence-electron chi connectivity index (χ1n) is 18.2. The highest BCUT2D eigenvalue weighted by molar-refractivity contribution is 5.69. The number of hydrogen-bond acceptors (Lipinski definition) is 6. The molecular weight excluding hydrogens is 528 g/mol. The lowest BCUT2D eigenvalue weighted by Crippen LogP contribution is -2.15. The number of carbonyl (C=O) groups excluding carboxylic acids is 2. The topological polar surface area (TPSA) is 71.1 Å². The summed E-state index contributed by atoms with van der Waals surface area (Å²) in [5.74, 6) is -0.266. The normalized spacial score (nSPS) is 11.2. The van der Waals surface area contributed by atoms with Gasteiger partial charge in [0.25, 0.3) is 0 Å². The zero-order chi connectivity index (χ0) is 30.6. The van der Waals surface area contributed by atoms with E-state index in [1.165, 1.54) is 128 Å². The van der Waals surface area contributed by atoms with Crippen LogP contribution in [0.25, 0.3) is 0 Å². The Labute approximate surface area is 260 Å². The third-order valence-electron chi connectivity index (χ3n) is 7.82. The maximum atomic E-state index is 11.9. The summed E-state index contributed by atoms with van der Waals surface area (Å²) in [5.41, 5.74) is 0. The van der Waals surface area contributed by atoms with Crippen molar-refractivity contribution in [3.8, 4) is 0 Å². The van der Waals surface area contributed by atoms with E-state index < -0.39 is 0 Å². The second kappa shape index (κ2) is 36.1. The molecule has 0 N–H and O–H groups in total. The van der Waals surface area contributed by atoms with Gasteiger partial charge in [-0.3, -0.25) is 9.59 Å². The van der Waals surface area contributed by atoms with Gasteiger partial charge in [-0.05, 0) is 12.8 Å². The molecule has 0 heterocycles. The third-order valence-corrected chi connectivity index (χ3v) is 7.82. The molecule has 0 atom stereocenters. The average Bonchev–Trinajstić information content (AvgIpc) is 2.99. The summed E-state index contributed by atoms with van der Waals surface area (Å²) < 4.78 is 21.3. The predicted octanol–water partition coefficient (Wildman–Crippen LogP) is 10.3. The summed E-state index contributed by atoms with van der Waals surface area (Å²) in [7, 11) is 0. The van der Waals surface area contributed by atoms with Gasteiger partial charge in [-0.15, -0.1) is 0 Å². The molecule has 0 aliphatic heterocycles. The van der Waals surface area contributed by atoms with Crippen molar-refractivity contribution in [3.05, 3.63) is 0 Å². The minimum atomic E-state index is -0.135. The largest absolute Gasteiger partial charge is 0.463 e. The lowest BCUT2D eigenvalue weighted by Gasteiger charge is -2.08. The van der Waals surface area contributed by atoms with Crippen LogP contribution in [-0.2, 0) is 28.5 Å². The SMILES string of the molecule is CCCCCCCCCCCCCCCCCC(=O)OCCOCCOCCOC(=O)CCCCCCCCCCC. The van der Waals surface area contributed by atoms with Gasteiger partial charge in [0.05, 0.1) is 26.4 Å². The molecule has 0 unspecified atom stereocenters. The monoisotopic (exact) mass is 599 g/mol. The second-order valence-corrected chi connectivity index (χ2v) is 11.9. The molecule has 0 saturated heterocycles. The van der Waals surface area contributed by atoms with Gasteiger partial charge in [0.2, 0.25) is 0 Å². The lowest BCUT2D eigenvalue weighted by molar-refractivity contribution is -0.147. The molecule has 0 rings (SSSR count). The molecule has 0 aromatic rings. The second-order valence-electron chi connectivity index (χ2n) is 11.9. The molecule has 0 saturated carbocycles. The minimum absolute atomic E-state index is 0.131. The van der Waals surface area contributed by atoms with Crippen molar-refractivity contribution in [1.82, 2.24) is 0 Å². The Bertz CT molecular complexity index is 553. The highest BCUT2D eigenvalue weighted by Gasteiger charge is 2.04. The van der Waals surface area contributed by atoms with E-state index in [1.807, 2.05) is 0 Å². The van der Waals surface area contributed by atoms with Crippen LogP contribution in [0.4, 0.5) is 0 Å². The van der Waals surface area contributed by atoms with Crippen LogP contribution in [0, 0.1) is 0 Å². The van der Waals surface area contributed by atoms with Gasteiger partial charge in [-0.25, -0.2) is 0 Å². The molecule has 0 bridgehead atoms. The summed E-state index contributed by atoms with van der Waals surface area (Å²) in [4.78, 5) is 23.6. The Morgan fingerprint density at radius 3 is 0.857 bits per heavy atom. The van der Waals surface area contributed by atoms with Crippen LogP contribution in [-0.4, -0.2) is 51.6 Å². The first-order chi connectivity index (χ1) is 20.7. The van der Waals surface area contributed by atoms with Crippen molar-refractivity contribution in [3.63, 3.8) is 0 Å². The van der Waals surface area contributed by atoms with Gasteiger partial charge in [0.15, 0.2) is 0 Å². The molecule has 0 aliphatic carbocycles.